The van der Waals surface area contributed by atoms with Gasteiger partial charge in [-0.2, -0.15) is 5.10 Å². The number of hydrogen-bond acceptors (Lipinski definition) is 5. The Hall–Kier alpha value is -2.74. The van der Waals surface area contributed by atoms with Crippen LogP contribution < -0.4 is 10.6 Å². The molecule has 114 valence electrons. The Kier molecular flexibility index (Phi) is 4.84. The van der Waals surface area contributed by atoms with Crippen molar-refractivity contribution in [3.63, 3.8) is 0 Å². The Labute approximate surface area is 130 Å². The summed E-state index contributed by atoms with van der Waals surface area (Å²) in [6, 6.07) is 5.47. The maximum Gasteiger partial charge on any atom is 0.345 e. The van der Waals surface area contributed by atoms with Crippen molar-refractivity contribution in [3.8, 4) is 0 Å². The molecular formula is C13H11ClN4O4. The molecular weight excluding hydrogens is 312 g/mol. The van der Waals surface area contributed by atoms with E-state index >= 15 is 0 Å². The zero-order valence-electron chi connectivity index (χ0n) is 11.2. The van der Waals surface area contributed by atoms with Gasteiger partial charge < -0.3 is 5.32 Å². The van der Waals surface area contributed by atoms with Crippen molar-refractivity contribution in [1.29, 1.82) is 0 Å². The molecule has 1 saturated heterocycles. The van der Waals surface area contributed by atoms with E-state index < -0.39 is 17.8 Å². The van der Waals surface area contributed by atoms with Crippen molar-refractivity contribution in [2.45, 2.75) is 6.42 Å². The predicted molar refractivity (Wildman–Crippen MR) is 77.3 cm³/mol. The zero-order valence-corrected chi connectivity index (χ0v) is 12.0. The van der Waals surface area contributed by atoms with E-state index in [1.54, 1.807) is 12.1 Å². The smallest absolute Gasteiger partial charge is 0.315 e. The second-order valence-electron chi connectivity index (χ2n) is 4.33. The summed E-state index contributed by atoms with van der Waals surface area (Å²) >= 11 is 5.71. The standard InChI is InChI=1S/C13H11ClN4O4/c14-9-3-1-8(2-4-9)10(19)5-11(20)15-7-16-18-6-12(21)17-13(18)22/h1-4,7H,5-6H2,(H,15,16,20)(H,17,21,22). The highest BCUT2D eigenvalue weighted by atomic mass is 35.5. The van der Waals surface area contributed by atoms with Gasteiger partial charge in [0, 0.05) is 10.6 Å². The van der Waals surface area contributed by atoms with Crippen LogP contribution in [-0.4, -0.2) is 41.5 Å². The van der Waals surface area contributed by atoms with Gasteiger partial charge in [-0.1, -0.05) is 11.6 Å². The maximum atomic E-state index is 11.8. The molecule has 1 aliphatic heterocycles. The number of rotatable bonds is 5. The number of carbonyl (C=O) groups excluding carboxylic acids is 4. The van der Waals surface area contributed by atoms with Gasteiger partial charge in [0.05, 0.1) is 6.42 Å². The minimum atomic E-state index is -0.673. The first kappa shape index (κ1) is 15.6. The summed E-state index contributed by atoms with van der Waals surface area (Å²) in [7, 11) is 0. The lowest BCUT2D eigenvalue weighted by Crippen LogP contribution is -2.28. The van der Waals surface area contributed by atoms with Gasteiger partial charge in [-0.3, -0.25) is 19.7 Å². The van der Waals surface area contributed by atoms with Crippen molar-refractivity contribution in [1.82, 2.24) is 15.6 Å². The first-order chi connectivity index (χ1) is 10.5. The van der Waals surface area contributed by atoms with E-state index in [0.29, 0.717) is 10.6 Å². The van der Waals surface area contributed by atoms with Crippen molar-refractivity contribution in [2.24, 2.45) is 5.10 Å². The van der Waals surface area contributed by atoms with E-state index in [-0.39, 0.29) is 18.7 Å². The van der Waals surface area contributed by atoms with Gasteiger partial charge in [0.25, 0.3) is 0 Å². The summed E-state index contributed by atoms with van der Waals surface area (Å²) in [5.74, 6) is -1.45. The maximum absolute atomic E-state index is 11.8. The number of nitrogens with zero attached hydrogens (tertiary/aromatic N) is 2. The fraction of sp³-hybridized carbons (Fsp3) is 0.154. The van der Waals surface area contributed by atoms with Crippen molar-refractivity contribution < 1.29 is 19.2 Å². The highest BCUT2D eigenvalue weighted by molar-refractivity contribution is 6.30. The van der Waals surface area contributed by atoms with Crippen LogP contribution in [0.15, 0.2) is 29.4 Å². The number of carbonyl (C=O) groups is 4. The van der Waals surface area contributed by atoms with Crippen LogP contribution in [0.3, 0.4) is 0 Å². The van der Waals surface area contributed by atoms with Crippen LogP contribution in [0.4, 0.5) is 4.79 Å². The lowest BCUT2D eigenvalue weighted by Gasteiger charge is -2.04. The summed E-state index contributed by atoms with van der Waals surface area (Å²) in [4.78, 5) is 45.4. The third-order valence-corrected chi connectivity index (χ3v) is 2.94. The predicted octanol–water partition coefficient (Wildman–Crippen LogP) is 0.524. The summed E-state index contributed by atoms with van der Waals surface area (Å²) in [5.41, 5.74) is 0.362. The molecule has 0 radical (unpaired) electrons. The number of urea groups is 1. The van der Waals surface area contributed by atoms with Crippen LogP contribution in [-0.2, 0) is 9.59 Å². The fourth-order valence-corrected chi connectivity index (χ4v) is 1.76. The second-order valence-corrected chi connectivity index (χ2v) is 4.77. The quantitative estimate of drug-likeness (QED) is 0.271. The molecule has 1 aromatic carbocycles. The van der Waals surface area contributed by atoms with Crippen molar-refractivity contribution >= 4 is 41.6 Å². The highest BCUT2D eigenvalue weighted by Crippen LogP contribution is 2.11. The SMILES string of the molecule is O=C(CC(=O)c1ccc(Cl)cc1)N/C=N/N1CC(=O)NC1=O. The van der Waals surface area contributed by atoms with Crippen LogP contribution in [0.2, 0.25) is 5.02 Å². The van der Waals surface area contributed by atoms with Crippen molar-refractivity contribution in [2.75, 3.05) is 6.54 Å². The molecule has 4 amide bonds. The first-order valence-electron chi connectivity index (χ1n) is 6.17. The molecule has 0 saturated carbocycles. The molecule has 1 heterocycles. The number of hydrogen-bond donors (Lipinski definition) is 2. The van der Waals surface area contributed by atoms with Gasteiger partial charge in [-0.25, -0.2) is 9.80 Å². The van der Waals surface area contributed by atoms with Crippen LogP contribution in [0.5, 0.6) is 0 Å². The van der Waals surface area contributed by atoms with Gasteiger partial charge in [0.15, 0.2) is 5.78 Å². The Bertz CT molecular complexity index is 657. The molecule has 0 aromatic heterocycles. The third kappa shape index (κ3) is 4.13. The molecule has 8 nitrogen and oxygen atoms in total. The fourth-order valence-electron chi connectivity index (χ4n) is 1.63. The third-order valence-electron chi connectivity index (χ3n) is 2.68. The molecule has 2 N–H and O–H groups in total. The minimum Gasteiger partial charge on any atom is -0.315 e. The molecule has 0 bridgehead atoms. The van der Waals surface area contributed by atoms with Crippen molar-refractivity contribution in [3.05, 3.63) is 34.9 Å². The van der Waals surface area contributed by atoms with E-state index in [2.05, 4.69) is 10.4 Å². The number of imide groups is 1. The van der Waals surface area contributed by atoms with Crippen LogP contribution in [0.1, 0.15) is 16.8 Å². The monoisotopic (exact) mass is 322 g/mol. The molecule has 1 aromatic rings. The van der Waals surface area contributed by atoms with Gasteiger partial charge in [-0.15, -0.1) is 0 Å². The number of nitrogens with one attached hydrogen (secondary N) is 2. The van der Waals surface area contributed by atoms with E-state index in [0.717, 1.165) is 11.3 Å². The number of hydrazone groups is 1. The molecule has 0 unspecified atom stereocenters. The zero-order chi connectivity index (χ0) is 16.1. The molecule has 1 aliphatic rings. The average molecular weight is 323 g/mol. The van der Waals surface area contributed by atoms with Gasteiger partial charge in [-0.05, 0) is 24.3 Å². The van der Waals surface area contributed by atoms with Crippen LogP contribution in [0.25, 0.3) is 0 Å². The van der Waals surface area contributed by atoms with E-state index in [1.807, 2.05) is 5.32 Å². The summed E-state index contributed by atoms with van der Waals surface area (Å²) in [6.07, 6.45) is 0.578. The Morgan fingerprint density at radius 2 is 2.00 bits per heavy atom. The van der Waals surface area contributed by atoms with Gasteiger partial charge >= 0.3 is 6.03 Å². The summed E-state index contributed by atoms with van der Waals surface area (Å²) in [6.45, 7) is -0.213. The lowest BCUT2D eigenvalue weighted by molar-refractivity contribution is -0.119. The molecule has 0 atom stereocenters. The van der Waals surface area contributed by atoms with Gasteiger partial charge in [0.1, 0.15) is 12.9 Å². The Morgan fingerprint density at radius 1 is 1.32 bits per heavy atom. The lowest BCUT2D eigenvalue weighted by atomic mass is 10.1. The average Bonchev–Trinajstić information content (AvgIpc) is 2.77. The van der Waals surface area contributed by atoms with Gasteiger partial charge in [0.2, 0.25) is 11.8 Å². The molecule has 9 heteroatoms. The molecule has 2 rings (SSSR count). The van der Waals surface area contributed by atoms with Crippen LogP contribution >= 0.6 is 11.6 Å². The summed E-state index contributed by atoms with van der Waals surface area (Å²) < 4.78 is 0. The summed E-state index contributed by atoms with van der Waals surface area (Å²) in [5, 5.41) is 9.21. The van der Waals surface area contributed by atoms with E-state index in [1.165, 1.54) is 12.1 Å². The number of ketones is 1. The Morgan fingerprint density at radius 3 is 2.59 bits per heavy atom. The van der Waals surface area contributed by atoms with E-state index in [9.17, 15) is 19.2 Å². The molecule has 0 aliphatic carbocycles. The molecule has 0 spiro atoms. The number of amides is 4. The van der Waals surface area contributed by atoms with E-state index in [4.69, 9.17) is 11.6 Å². The number of Topliss-reactive ketones (excluding diaryl/α,β-unsaturated/α-hetero) is 1. The second kappa shape index (κ2) is 6.81. The minimum absolute atomic E-state index is 0.213. The number of halogens is 1. The van der Waals surface area contributed by atoms with Crippen LogP contribution in [0, 0.1) is 0 Å². The normalized spacial score (nSPS) is 14.3. The topological polar surface area (TPSA) is 108 Å². The first-order valence-corrected chi connectivity index (χ1v) is 6.55. The molecule has 22 heavy (non-hydrogen) atoms. The number of benzene rings is 1. The highest BCUT2D eigenvalue weighted by Gasteiger charge is 2.25. The Balaban J connectivity index is 1.83. The molecule has 1 fully saturated rings. The largest absolute Gasteiger partial charge is 0.345 e.